The first-order valence-electron chi connectivity index (χ1n) is 23.7. The van der Waals surface area contributed by atoms with Crippen LogP contribution in [0.3, 0.4) is 0 Å². The summed E-state index contributed by atoms with van der Waals surface area (Å²) in [5.41, 5.74) is -0.887. The van der Waals surface area contributed by atoms with Gasteiger partial charge in [0, 0.05) is 48.4 Å². The van der Waals surface area contributed by atoms with Crippen molar-refractivity contribution in [3.63, 3.8) is 0 Å². The van der Waals surface area contributed by atoms with Crippen LogP contribution in [0.25, 0.3) is 0 Å². The molecule has 4 aromatic rings. The Morgan fingerprint density at radius 2 is 0.864 bits per heavy atom. The number of ketones is 1. The molecule has 2 aliphatic heterocycles. The molecule has 9 nitrogen and oxygen atoms in total. The van der Waals surface area contributed by atoms with Gasteiger partial charge in [-0.15, -0.1) is 0 Å². The molecular weight excluding hydrogens is 821 g/mol. The van der Waals surface area contributed by atoms with Crippen LogP contribution in [0.15, 0.2) is 158 Å². The van der Waals surface area contributed by atoms with Crippen LogP contribution in [0.1, 0.15) is 48.9 Å². The third kappa shape index (κ3) is 8.90. The summed E-state index contributed by atoms with van der Waals surface area (Å²) in [5.74, 6) is -0.616. The number of anilines is 2. The van der Waals surface area contributed by atoms with E-state index < -0.39 is 38.9 Å². The van der Waals surface area contributed by atoms with Crippen molar-refractivity contribution >= 4 is 17.2 Å². The molecule has 6 unspecified atom stereocenters. The number of ether oxygens (including phenoxy) is 2. The topological polar surface area (TPSA) is 88.9 Å². The molecule has 2 N–H and O–H groups in total. The van der Waals surface area contributed by atoms with Crippen molar-refractivity contribution in [3.05, 3.63) is 180 Å². The number of morpholine rings is 2. The number of aliphatic hydroxyl groups is 2. The predicted octanol–water partition coefficient (Wildman–Crippen LogP) is 7.73. The van der Waals surface area contributed by atoms with Gasteiger partial charge in [0.25, 0.3) is 0 Å². The Kier molecular flexibility index (Phi) is 13.8. The van der Waals surface area contributed by atoms with Crippen LogP contribution in [0.4, 0.5) is 11.4 Å². The van der Waals surface area contributed by atoms with Crippen LogP contribution in [0, 0.1) is 0 Å². The molecule has 2 fully saturated rings. The van der Waals surface area contributed by atoms with Gasteiger partial charge in [-0.05, 0) is 114 Å². The maximum absolute atomic E-state index is 15.7. The van der Waals surface area contributed by atoms with Crippen LogP contribution < -0.4 is 9.80 Å². The molecule has 0 bridgehead atoms. The summed E-state index contributed by atoms with van der Waals surface area (Å²) in [6.07, 6.45) is 18.3. The largest absolute Gasteiger partial charge is 0.382 e. The van der Waals surface area contributed by atoms with Gasteiger partial charge in [-0.2, -0.15) is 0 Å². The second-order valence-corrected chi connectivity index (χ2v) is 19.9. The lowest BCUT2D eigenvalue weighted by Crippen LogP contribution is -2.66. The van der Waals surface area contributed by atoms with Gasteiger partial charge in [-0.25, -0.2) is 0 Å². The third-order valence-electron chi connectivity index (χ3n) is 15.2. The van der Waals surface area contributed by atoms with E-state index in [0.29, 0.717) is 39.3 Å². The smallest absolute Gasteiger partial charge is 0.195 e. The molecule has 9 heteroatoms. The van der Waals surface area contributed by atoms with E-state index in [4.69, 9.17) is 9.47 Å². The van der Waals surface area contributed by atoms with E-state index >= 15 is 4.79 Å². The summed E-state index contributed by atoms with van der Waals surface area (Å²) in [6, 6.07) is 38.2. The molecule has 4 aromatic carbocycles. The number of hydrogen-bond acceptors (Lipinski definition) is 9. The van der Waals surface area contributed by atoms with Crippen LogP contribution in [0.2, 0.25) is 0 Å². The van der Waals surface area contributed by atoms with Gasteiger partial charge in [0.15, 0.2) is 5.78 Å². The van der Waals surface area contributed by atoms with Crippen molar-refractivity contribution in [1.29, 1.82) is 0 Å². The predicted molar refractivity (Wildman–Crippen MR) is 267 cm³/mol. The lowest BCUT2D eigenvalue weighted by molar-refractivity contribution is -0.159. The minimum Gasteiger partial charge on any atom is -0.382 e. The van der Waals surface area contributed by atoms with E-state index in [-0.39, 0.29) is 12.8 Å². The van der Waals surface area contributed by atoms with Gasteiger partial charge in [-0.3, -0.25) is 14.6 Å². The molecular formula is C57H70N4O5. The number of likely N-dealkylation sites (N-methyl/N-ethyl adjacent to an activating group) is 2. The highest BCUT2D eigenvalue weighted by Crippen LogP contribution is 2.54. The van der Waals surface area contributed by atoms with Gasteiger partial charge in [-0.1, -0.05) is 134 Å². The van der Waals surface area contributed by atoms with Gasteiger partial charge < -0.3 is 29.5 Å². The van der Waals surface area contributed by atoms with Crippen molar-refractivity contribution in [2.45, 2.75) is 72.6 Å². The molecule has 66 heavy (non-hydrogen) atoms. The maximum atomic E-state index is 15.7. The number of allylic oxidation sites excluding steroid dienone is 4. The standard InChI is InChI=1S/C57H70N4O5/c1-52(63,43-54(47-21-25-49(26-22-47)60-33-37-65-38-34-60)29-13-15-31-56(54,58(3)4)41-45-17-9-7-10-18-45)51(62)53(2,64)44-55(48-23-27-50(28-24-48)61-35-39-66-40-36-61)30-14-16-32-57(55,59(5)6)42-46-19-11-8-12-20-46/h7-32,63-64H,33-44H2,1-6H3. The summed E-state index contributed by atoms with van der Waals surface area (Å²) in [4.78, 5) is 24.9. The Hall–Kier alpha value is -5.13. The molecule has 2 saturated heterocycles. The number of benzene rings is 4. The highest BCUT2D eigenvalue weighted by atomic mass is 16.5. The third-order valence-corrected chi connectivity index (χ3v) is 15.2. The number of carbonyl (C=O) groups is 1. The zero-order valence-corrected chi connectivity index (χ0v) is 39.9. The minimum atomic E-state index is -2.00. The number of rotatable bonds is 16. The van der Waals surface area contributed by atoms with Crippen LogP contribution in [-0.4, -0.2) is 129 Å². The molecule has 0 spiro atoms. The van der Waals surface area contributed by atoms with Gasteiger partial charge in [0.1, 0.15) is 11.2 Å². The van der Waals surface area contributed by atoms with E-state index in [9.17, 15) is 10.2 Å². The Morgan fingerprint density at radius 1 is 0.530 bits per heavy atom. The maximum Gasteiger partial charge on any atom is 0.195 e. The Bertz CT molecular complexity index is 2210. The minimum absolute atomic E-state index is 0.0115. The normalized spacial score (nSPS) is 27.2. The molecule has 2 aliphatic carbocycles. The number of nitrogens with zero attached hydrogens (tertiary/aromatic N) is 4. The monoisotopic (exact) mass is 891 g/mol. The average Bonchev–Trinajstić information content (AvgIpc) is 3.33. The summed E-state index contributed by atoms with van der Waals surface area (Å²) >= 11 is 0. The average molecular weight is 891 g/mol. The molecule has 0 saturated carbocycles. The van der Waals surface area contributed by atoms with E-state index in [1.807, 2.05) is 24.3 Å². The molecule has 6 atom stereocenters. The van der Waals surface area contributed by atoms with Crippen LogP contribution >= 0.6 is 0 Å². The van der Waals surface area contributed by atoms with Crippen molar-refractivity contribution in [1.82, 2.24) is 9.80 Å². The number of Topliss-reactive ketones (excluding diaryl/α,β-unsaturated/α-hetero) is 1. The highest BCUT2D eigenvalue weighted by molar-refractivity contribution is 5.94. The Labute approximate surface area is 393 Å². The quantitative estimate of drug-likeness (QED) is 0.118. The zero-order chi connectivity index (χ0) is 46.6. The summed E-state index contributed by atoms with van der Waals surface area (Å²) in [7, 11) is 8.34. The molecule has 0 aromatic heterocycles. The Morgan fingerprint density at radius 3 is 1.20 bits per heavy atom. The van der Waals surface area contributed by atoms with Gasteiger partial charge in [0.2, 0.25) is 0 Å². The fraction of sp³-hybridized carbons (Fsp3) is 0.421. The Balaban J connectivity index is 1.23. The number of carbonyl (C=O) groups excluding carboxylic acids is 1. The lowest BCUT2D eigenvalue weighted by atomic mass is 9.54. The SMILES string of the molecule is CN(C)C1(Cc2ccccc2)C=CC=CC1(CC(C)(O)C(=O)C(C)(O)CC1(c2ccc(N3CCOCC3)cc2)C=CC=CC1(Cc1ccccc1)N(C)C)c1ccc(N2CCOCC2)cc1. The van der Waals surface area contributed by atoms with Crippen molar-refractivity contribution in [2.24, 2.45) is 0 Å². The summed E-state index contributed by atoms with van der Waals surface area (Å²) in [6.45, 7) is 9.20. The molecule has 4 aliphatic rings. The fourth-order valence-electron chi connectivity index (χ4n) is 11.8. The van der Waals surface area contributed by atoms with Crippen LogP contribution in [0.5, 0.6) is 0 Å². The van der Waals surface area contributed by atoms with Crippen LogP contribution in [-0.2, 0) is 37.9 Å². The van der Waals surface area contributed by atoms with Crippen molar-refractivity contribution in [3.8, 4) is 0 Å². The number of hydrogen-bond donors (Lipinski definition) is 2. The van der Waals surface area contributed by atoms with Crippen molar-refractivity contribution in [2.75, 3.05) is 90.6 Å². The second kappa shape index (κ2) is 19.2. The summed E-state index contributed by atoms with van der Waals surface area (Å²) < 4.78 is 11.3. The van der Waals surface area contributed by atoms with E-state index in [0.717, 1.165) is 59.8 Å². The van der Waals surface area contributed by atoms with E-state index in [1.165, 1.54) is 0 Å². The second-order valence-electron chi connectivity index (χ2n) is 19.9. The molecule has 348 valence electrons. The first kappa shape index (κ1) is 47.4. The molecule has 2 heterocycles. The molecule has 0 amide bonds. The first-order valence-corrected chi connectivity index (χ1v) is 23.7. The molecule has 8 rings (SSSR count). The van der Waals surface area contributed by atoms with E-state index in [1.54, 1.807) is 13.8 Å². The highest BCUT2D eigenvalue weighted by Gasteiger charge is 2.60. The summed E-state index contributed by atoms with van der Waals surface area (Å²) in [5, 5.41) is 26.4. The first-order chi connectivity index (χ1) is 31.7. The lowest BCUT2D eigenvalue weighted by Gasteiger charge is -2.57. The van der Waals surface area contributed by atoms with Gasteiger partial charge >= 0.3 is 0 Å². The zero-order valence-electron chi connectivity index (χ0n) is 39.9. The van der Waals surface area contributed by atoms with Gasteiger partial charge in [0.05, 0.1) is 37.5 Å². The van der Waals surface area contributed by atoms with E-state index in [2.05, 4.69) is 181 Å². The fourth-order valence-corrected chi connectivity index (χ4v) is 11.8. The van der Waals surface area contributed by atoms with Crippen molar-refractivity contribution < 1.29 is 24.5 Å². The molecule has 0 radical (unpaired) electrons.